The van der Waals surface area contributed by atoms with Gasteiger partial charge in [0, 0.05) is 22.8 Å². The highest BCUT2D eigenvalue weighted by Crippen LogP contribution is 2.24. The second-order valence-electron chi connectivity index (χ2n) is 5.72. The summed E-state index contributed by atoms with van der Waals surface area (Å²) in [6.07, 6.45) is 3.84. The Morgan fingerprint density at radius 2 is 1.76 bits per heavy atom. The van der Waals surface area contributed by atoms with E-state index >= 15 is 0 Å². The first kappa shape index (κ1) is 16.7. The topological polar surface area (TPSA) is 39.9 Å². The van der Waals surface area contributed by atoms with Gasteiger partial charge in [0.2, 0.25) is 0 Å². The van der Waals surface area contributed by atoms with Gasteiger partial charge < -0.3 is 9.30 Å². The van der Waals surface area contributed by atoms with Crippen LogP contribution in [0, 0.1) is 6.92 Å². The number of ether oxygens (including phenoxy) is 1. The smallest absolute Gasteiger partial charge is 0.118 e. The lowest BCUT2D eigenvalue weighted by Crippen LogP contribution is -1.91. The van der Waals surface area contributed by atoms with Gasteiger partial charge in [0.05, 0.1) is 30.3 Å². The van der Waals surface area contributed by atoms with Crippen LogP contribution in [-0.2, 0) is 0 Å². The summed E-state index contributed by atoms with van der Waals surface area (Å²) in [4.78, 5) is 9.05. The molecule has 2 heterocycles. The molecular weight excluding hydrogens is 310 g/mol. The molecule has 0 spiro atoms. The predicted octanol–water partition coefficient (Wildman–Crippen LogP) is 5.04. The lowest BCUT2D eigenvalue weighted by atomic mass is 10.1. The molecule has 2 aromatic heterocycles. The Balaban J connectivity index is 0.00000182. The van der Waals surface area contributed by atoms with E-state index in [0.717, 1.165) is 39.3 Å². The predicted molar refractivity (Wildman–Crippen MR) is 102 cm³/mol. The molecule has 0 fully saturated rings. The molecule has 0 atom stereocenters. The number of fused-ring (bicyclic) bond motifs is 1. The van der Waals surface area contributed by atoms with Gasteiger partial charge in [-0.1, -0.05) is 13.5 Å². The van der Waals surface area contributed by atoms with Gasteiger partial charge in [0.25, 0.3) is 0 Å². The van der Waals surface area contributed by atoms with Crippen LogP contribution >= 0.6 is 0 Å². The number of aromatic nitrogens is 3. The summed E-state index contributed by atoms with van der Waals surface area (Å²) in [6, 6.07) is 18.3. The number of rotatable bonds is 3. The number of methoxy groups -OCH3 is 1. The third kappa shape index (κ3) is 3.24. The van der Waals surface area contributed by atoms with E-state index in [1.165, 1.54) is 0 Å². The number of benzene rings is 2. The maximum absolute atomic E-state index is 5.20. The summed E-state index contributed by atoms with van der Waals surface area (Å²) in [5.41, 5.74) is 5.09. The highest BCUT2D eigenvalue weighted by Gasteiger charge is 2.04. The van der Waals surface area contributed by atoms with E-state index in [9.17, 15) is 0 Å². The van der Waals surface area contributed by atoms with E-state index in [1.807, 2.05) is 60.4 Å². The molecule has 126 valence electrons. The maximum Gasteiger partial charge on any atom is 0.118 e. The maximum atomic E-state index is 5.20. The van der Waals surface area contributed by atoms with Crippen LogP contribution in [0.2, 0.25) is 0 Å². The molecule has 0 aliphatic heterocycles. The van der Waals surface area contributed by atoms with Crippen molar-refractivity contribution in [3.8, 4) is 22.7 Å². The number of hydrogen-bond donors (Lipinski definition) is 0. The summed E-state index contributed by atoms with van der Waals surface area (Å²) in [6.45, 7) is 1.99. The molecule has 25 heavy (non-hydrogen) atoms. The van der Waals surface area contributed by atoms with Crippen molar-refractivity contribution in [1.29, 1.82) is 0 Å². The Hall–Kier alpha value is -3.14. The first-order valence-corrected chi connectivity index (χ1v) is 7.79. The first-order valence-electron chi connectivity index (χ1n) is 7.79. The average Bonchev–Trinajstić information content (AvgIpc) is 3.07. The van der Waals surface area contributed by atoms with E-state index in [4.69, 9.17) is 9.72 Å². The first-order chi connectivity index (χ1) is 11.7. The van der Waals surface area contributed by atoms with Crippen LogP contribution in [0.25, 0.3) is 27.8 Å². The van der Waals surface area contributed by atoms with E-state index in [2.05, 4.69) is 23.2 Å². The van der Waals surface area contributed by atoms with Gasteiger partial charge >= 0.3 is 0 Å². The lowest BCUT2D eigenvalue weighted by Gasteiger charge is -2.07. The van der Waals surface area contributed by atoms with Crippen molar-refractivity contribution >= 4 is 10.9 Å². The summed E-state index contributed by atoms with van der Waals surface area (Å²) in [7, 11) is 1.67. The molecule has 2 aromatic carbocycles. The minimum atomic E-state index is 0. The van der Waals surface area contributed by atoms with Crippen LogP contribution < -0.4 is 4.74 Å². The minimum Gasteiger partial charge on any atom is -0.497 e. The highest BCUT2D eigenvalue weighted by molar-refractivity contribution is 5.83. The van der Waals surface area contributed by atoms with Crippen LogP contribution in [0.15, 0.2) is 67.1 Å². The van der Waals surface area contributed by atoms with Gasteiger partial charge in [0.15, 0.2) is 0 Å². The van der Waals surface area contributed by atoms with Gasteiger partial charge in [-0.05, 0) is 55.5 Å². The molecule has 0 saturated carbocycles. The fourth-order valence-corrected chi connectivity index (χ4v) is 2.76. The van der Waals surface area contributed by atoms with Crippen LogP contribution in [0.1, 0.15) is 13.1 Å². The second-order valence-corrected chi connectivity index (χ2v) is 5.72. The zero-order valence-electron chi connectivity index (χ0n) is 13.6. The molecule has 0 unspecified atom stereocenters. The third-order valence-electron chi connectivity index (χ3n) is 4.07. The van der Waals surface area contributed by atoms with Gasteiger partial charge in [-0.15, -0.1) is 0 Å². The Kier molecular flexibility index (Phi) is 4.52. The zero-order chi connectivity index (χ0) is 16.5. The molecule has 0 saturated heterocycles. The molecule has 4 aromatic rings. The number of pyridine rings is 1. The zero-order valence-corrected chi connectivity index (χ0v) is 13.6. The molecule has 0 N–H and O–H groups in total. The fraction of sp³-hybridized carbons (Fsp3) is 0.143. The standard InChI is InChI=1S/C20H17N3O.CH4/c1-14-12-23(13-21-14)17-6-10-20-16(11-17)5-9-19(22-20)15-3-7-18(24-2)8-4-15;/h3-13H,1-2H3;1H4. The summed E-state index contributed by atoms with van der Waals surface area (Å²) >= 11 is 0. The molecule has 0 aliphatic rings. The molecule has 0 aliphatic carbocycles. The van der Waals surface area contributed by atoms with E-state index in [0.29, 0.717) is 0 Å². The van der Waals surface area contributed by atoms with Gasteiger partial charge in [0.1, 0.15) is 5.75 Å². The van der Waals surface area contributed by atoms with Crippen molar-refractivity contribution in [3.63, 3.8) is 0 Å². The SMILES string of the molecule is C.COc1ccc(-c2ccc3cc(-n4cnc(C)c4)ccc3n2)cc1. The monoisotopic (exact) mass is 331 g/mol. The van der Waals surface area contributed by atoms with Gasteiger partial charge in [-0.3, -0.25) is 0 Å². The van der Waals surface area contributed by atoms with E-state index in [1.54, 1.807) is 7.11 Å². The molecule has 0 radical (unpaired) electrons. The van der Waals surface area contributed by atoms with E-state index < -0.39 is 0 Å². The minimum absolute atomic E-state index is 0. The molecule has 0 bridgehead atoms. The fourth-order valence-electron chi connectivity index (χ4n) is 2.76. The third-order valence-corrected chi connectivity index (χ3v) is 4.07. The Bertz CT molecular complexity index is 1000. The normalized spacial score (nSPS) is 10.5. The van der Waals surface area contributed by atoms with Crippen LogP contribution in [0.4, 0.5) is 0 Å². The lowest BCUT2D eigenvalue weighted by molar-refractivity contribution is 0.415. The number of hydrogen-bond acceptors (Lipinski definition) is 3. The largest absolute Gasteiger partial charge is 0.497 e. The molecule has 4 heteroatoms. The number of imidazole rings is 1. The molecule has 4 rings (SSSR count). The molecular formula is C21H21N3O. The quantitative estimate of drug-likeness (QED) is 0.528. The van der Waals surface area contributed by atoms with E-state index in [-0.39, 0.29) is 7.43 Å². The number of aryl methyl sites for hydroxylation is 1. The summed E-state index contributed by atoms with van der Waals surface area (Å²) in [5, 5.41) is 1.11. The number of nitrogens with zero attached hydrogens (tertiary/aromatic N) is 3. The molecule has 4 nitrogen and oxygen atoms in total. The van der Waals surface area contributed by atoms with Gasteiger partial charge in [-0.2, -0.15) is 0 Å². The Labute approximate surface area is 147 Å². The van der Waals surface area contributed by atoms with Crippen molar-refractivity contribution in [2.45, 2.75) is 14.4 Å². The highest BCUT2D eigenvalue weighted by atomic mass is 16.5. The Morgan fingerprint density at radius 1 is 0.960 bits per heavy atom. The van der Waals surface area contributed by atoms with Crippen molar-refractivity contribution < 1.29 is 4.74 Å². The second kappa shape index (κ2) is 6.77. The van der Waals surface area contributed by atoms with Crippen molar-refractivity contribution in [3.05, 3.63) is 72.8 Å². The molecule has 0 amide bonds. The Morgan fingerprint density at radius 3 is 2.44 bits per heavy atom. The summed E-state index contributed by atoms with van der Waals surface area (Å²) in [5.74, 6) is 0.847. The van der Waals surface area contributed by atoms with Crippen LogP contribution in [-0.4, -0.2) is 21.6 Å². The van der Waals surface area contributed by atoms with Crippen molar-refractivity contribution in [2.24, 2.45) is 0 Å². The average molecular weight is 331 g/mol. The van der Waals surface area contributed by atoms with Crippen LogP contribution in [0.5, 0.6) is 5.75 Å². The van der Waals surface area contributed by atoms with Crippen molar-refractivity contribution in [1.82, 2.24) is 14.5 Å². The van der Waals surface area contributed by atoms with Gasteiger partial charge in [-0.25, -0.2) is 9.97 Å². The van der Waals surface area contributed by atoms with Crippen molar-refractivity contribution in [2.75, 3.05) is 7.11 Å². The summed E-state index contributed by atoms with van der Waals surface area (Å²) < 4.78 is 7.22. The van der Waals surface area contributed by atoms with Crippen LogP contribution in [0.3, 0.4) is 0 Å².